The predicted molar refractivity (Wildman–Crippen MR) is 66.1 cm³/mol. The molecule has 96 valence electrons. The molecule has 0 fully saturated rings. The summed E-state index contributed by atoms with van der Waals surface area (Å²) in [5.41, 5.74) is 6.72. The summed E-state index contributed by atoms with van der Waals surface area (Å²) in [6, 6.07) is 5.67. The molecule has 1 heterocycles. The molecule has 2 aromatic rings. The minimum Gasteiger partial charge on any atom is -0.337 e. The Bertz CT molecular complexity index is 509. The van der Waals surface area contributed by atoms with Gasteiger partial charge in [0.15, 0.2) is 0 Å². The standard InChI is InChI=1S/C13H16FN3O/c1-3-8(2)11(15)13-16-12(17-18-13)9-4-6-10(14)7-5-9/h4-8,11H,3,15H2,1-2H3/t8-,11-/m0/s1. The molecular weight excluding hydrogens is 233 g/mol. The highest BCUT2D eigenvalue weighted by Gasteiger charge is 2.20. The smallest absolute Gasteiger partial charge is 0.244 e. The summed E-state index contributed by atoms with van der Waals surface area (Å²) in [5.74, 6) is 0.831. The fraction of sp³-hybridized carbons (Fsp3) is 0.385. The van der Waals surface area contributed by atoms with Crippen molar-refractivity contribution >= 4 is 0 Å². The monoisotopic (exact) mass is 249 g/mol. The van der Waals surface area contributed by atoms with E-state index in [0.29, 0.717) is 17.3 Å². The first kappa shape index (κ1) is 12.7. The van der Waals surface area contributed by atoms with Crippen LogP contribution in [0.15, 0.2) is 28.8 Å². The average Bonchev–Trinajstić information content (AvgIpc) is 2.87. The maximum absolute atomic E-state index is 12.8. The Morgan fingerprint density at radius 2 is 2.00 bits per heavy atom. The van der Waals surface area contributed by atoms with E-state index in [1.807, 2.05) is 6.92 Å². The van der Waals surface area contributed by atoms with Crippen LogP contribution in [0.25, 0.3) is 11.4 Å². The third kappa shape index (κ3) is 2.56. The lowest BCUT2D eigenvalue weighted by Crippen LogP contribution is -2.18. The minimum absolute atomic E-state index is 0.267. The van der Waals surface area contributed by atoms with E-state index in [1.54, 1.807) is 12.1 Å². The zero-order valence-corrected chi connectivity index (χ0v) is 10.4. The van der Waals surface area contributed by atoms with Gasteiger partial charge in [-0.05, 0) is 30.2 Å². The topological polar surface area (TPSA) is 64.9 Å². The molecule has 0 aliphatic rings. The summed E-state index contributed by atoms with van der Waals surface area (Å²) in [6.45, 7) is 4.09. The fourth-order valence-corrected chi connectivity index (χ4v) is 1.58. The highest BCUT2D eigenvalue weighted by atomic mass is 19.1. The minimum atomic E-state index is -0.293. The third-order valence-electron chi connectivity index (χ3n) is 3.09. The summed E-state index contributed by atoms with van der Waals surface area (Å²) in [5, 5.41) is 3.87. The molecule has 0 saturated heterocycles. The van der Waals surface area contributed by atoms with E-state index >= 15 is 0 Å². The molecule has 4 nitrogen and oxygen atoms in total. The van der Waals surface area contributed by atoms with Gasteiger partial charge in [0, 0.05) is 5.56 Å². The second-order valence-electron chi connectivity index (χ2n) is 4.37. The van der Waals surface area contributed by atoms with E-state index in [1.165, 1.54) is 12.1 Å². The van der Waals surface area contributed by atoms with Crippen molar-refractivity contribution in [3.63, 3.8) is 0 Å². The third-order valence-corrected chi connectivity index (χ3v) is 3.09. The van der Waals surface area contributed by atoms with Crippen molar-refractivity contribution in [2.75, 3.05) is 0 Å². The van der Waals surface area contributed by atoms with Crippen LogP contribution >= 0.6 is 0 Å². The van der Waals surface area contributed by atoms with Crippen molar-refractivity contribution in [3.05, 3.63) is 36.0 Å². The molecule has 5 heteroatoms. The lowest BCUT2D eigenvalue weighted by molar-refractivity contribution is 0.312. The van der Waals surface area contributed by atoms with Gasteiger partial charge in [0.25, 0.3) is 0 Å². The van der Waals surface area contributed by atoms with Crippen molar-refractivity contribution in [1.82, 2.24) is 10.1 Å². The molecule has 0 aliphatic heterocycles. The van der Waals surface area contributed by atoms with Crippen LogP contribution < -0.4 is 5.73 Å². The normalized spacial score (nSPS) is 14.4. The summed E-state index contributed by atoms with van der Waals surface area (Å²) in [4.78, 5) is 4.25. The Kier molecular flexibility index (Phi) is 3.72. The molecule has 0 amide bonds. The molecule has 2 rings (SSSR count). The van der Waals surface area contributed by atoms with Crippen LogP contribution in [0.5, 0.6) is 0 Å². The van der Waals surface area contributed by atoms with Crippen LogP contribution in [-0.2, 0) is 0 Å². The van der Waals surface area contributed by atoms with E-state index in [4.69, 9.17) is 10.3 Å². The second-order valence-corrected chi connectivity index (χ2v) is 4.37. The zero-order valence-electron chi connectivity index (χ0n) is 10.4. The molecule has 2 N–H and O–H groups in total. The number of hydrogen-bond acceptors (Lipinski definition) is 4. The molecule has 0 bridgehead atoms. The van der Waals surface area contributed by atoms with Crippen LogP contribution in [0.1, 0.15) is 32.2 Å². The Labute approximate surface area is 105 Å². The first-order valence-corrected chi connectivity index (χ1v) is 5.97. The lowest BCUT2D eigenvalue weighted by atomic mass is 10.0. The van der Waals surface area contributed by atoms with Gasteiger partial charge in [-0.3, -0.25) is 0 Å². The SMILES string of the molecule is CC[C@H](C)[C@H](N)c1nc(-c2ccc(F)cc2)no1. The Morgan fingerprint density at radius 1 is 1.33 bits per heavy atom. The fourth-order valence-electron chi connectivity index (χ4n) is 1.58. The zero-order chi connectivity index (χ0) is 13.1. The van der Waals surface area contributed by atoms with Gasteiger partial charge in [-0.15, -0.1) is 0 Å². The van der Waals surface area contributed by atoms with Crippen LogP contribution in [0, 0.1) is 11.7 Å². The molecule has 2 atom stereocenters. The van der Waals surface area contributed by atoms with Gasteiger partial charge in [-0.1, -0.05) is 25.4 Å². The second kappa shape index (κ2) is 5.27. The molecule has 0 spiro atoms. The molecule has 1 aromatic heterocycles. The van der Waals surface area contributed by atoms with Crippen LogP contribution in [0.3, 0.4) is 0 Å². The molecule has 0 saturated carbocycles. The van der Waals surface area contributed by atoms with Gasteiger partial charge in [0.2, 0.25) is 11.7 Å². The van der Waals surface area contributed by atoms with Gasteiger partial charge >= 0.3 is 0 Å². The summed E-state index contributed by atoms with van der Waals surface area (Å²) >= 11 is 0. The summed E-state index contributed by atoms with van der Waals surface area (Å²) in [6.07, 6.45) is 0.940. The maximum atomic E-state index is 12.8. The van der Waals surface area contributed by atoms with E-state index in [9.17, 15) is 4.39 Å². The maximum Gasteiger partial charge on any atom is 0.244 e. The lowest BCUT2D eigenvalue weighted by Gasteiger charge is -2.12. The number of halogens is 1. The predicted octanol–water partition coefficient (Wildman–Crippen LogP) is 2.92. The van der Waals surface area contributed by atoms with Crippen molar-refractivity contribution in [2.45, 2.75) is 26.3 Å². The first-order valence-electron chi connectivity index (χ1n) is 5.97. The Balaban J connectivity index is 2.22. The average molecular weight is 249 g/mol. The molecule has 18 heavy (non-hydrogen) atoms. The number of rotatable bonds is 4. The molecular formula is C13H16FN3O. The molecule has 0 unspecified atom stereocenters. The van der Waals surface area contributed by atoms with Crippen molar-refractivity contribution in [1.29, 1.82) is 0 Å². The van der Waals surface area contributed by atoms with Crippen LogP contribution in [0.2, 0.25) is 0 Å². The largest absolute Gasteiger partial charge is 0.337 e. The highest BCUT2D eigenvalue weighted by molar-refractivity contribution is 5.53. The first-order chi connectivity index (χ1) is 8.61. The molecule has 0 radical (unpaired) electrons. The number of nitrogens with zero attached hydrogens (tertiary/aromatic N) is 2. The van der Waals surface area contributed by atoms with Gasteiger partial charge in [0.1, 0.15) is 5.82 Å². The van der Waals surface area contributed by atoms with Gasteiger partial charge < -0.3 is 10.3 Å². The number of aromatic nitrogens is 2. The van der Waals surface area contributed by atoms with Crippen molar-refractivity contribution in [2.24, 2.45) is 11.7 Å². The van der Waals surface area contributed by atoms with Crippen LogP contribution in [-0.4, -0.2) is 10.1 Å². The quantitative estimate of drug-likeness (QED) is 0.904. The number of benzene rings is 1. The summed E-state index contributed by atoms with van der Waals surface area (Å²) < 4.78 is 18.0. The molecule has 1 aromatic carbocycles. The highest BCUT2D eigenvalue weighted by Crippen LogP contribution is 2.23. The van der Waals surface area contributed by atoms with Gasteiger partial charge in [-0.25, -0.2) is 4.39 Å². The molecule has 0 aliphatic carbocycles. The van der Waals surface area contributed by atoms with Crippen molar-refractivity contribution < 1.29 is 8.91 Å². The van der Waals surface area contributed by atoms with E-state index in [-0.39, 0.29) is 17.8 Å². The van der Waals surface area contributed by atoms with E-state index < -0.39 is 0 Å². The van der Waals surface area contributed by atoms with E-state index in [2.05, 4.69) is 17.1 Å². The number of nitrogens with two attached hydrogens (primary N) is 1. The van der Waals surface area contributed by atoms with Gasteiger partial charge in [0.05, 0.1) is 6.04 Å². The summed E-state index contributed by atoms with van der Waals surface area (Å²) in [7, 11) is 0. The number of hydrogen-bond donors (Lipinski definition) is 1. The Hall–Kier alpha value is -1.75. The van der Waals surface area contributed by atoms with Gasteiger partial charge in [-0.2, -0.15) is 4.98 Å². The Morgan fingerprint density at radius 3 is 2.61 bits per heavy atom. The van der Waals surface area contributed by atoms with E-state index in [0.717, 1.165) is 6.42 Å². The van der Waals surface area contributed by atoms with Crippen molar-refractivity contribution in [3.8, 4) is 11.4 Å². The van der Waals surface area contributed by atoms with Crippen LogP contribution in [0.4, 0.5) is 4.39 Å².